The van der Waals surface area contributed by atoms with Crippen LogP contribution in [0.25, 0.3) is 10.9 Å². The summed E-state index contributed by atoms with van der Waals surface area (Å²) in [7, 11) is 0. The molecule has 8 nitrogen and oxygen atoms in total. The van der Waals surface area contributed by atoms with Gasteiger partial charge in [0.15, 0.2) is 5.78 Å². The molecule has 1 aromatic heterocycles. The summed E-state index contributed by atoms with van der Waals surface area (Å²) < 4.78 is 13.3. The minimum Gasteiger partial charge on any atom is -0.394 e. The lowest BCUT2D eigenvalue weighted by Crippen LogP contribution is -2.55. The Hall–Kier alpha value is -2.33. The number of halogens is 1. The molecule has 1 heterocycles. The number of carbonyl (C=O) groups is 2. The van der Waals surface area contributed by atoms with E-state index >= 15 is 0 Å². The highest BCUT2D eigenvalue weighted by molar-refractivity contribution is 6.11. The van der Waals surface area contributed by atoms with E-state index in [0.29, 0.717) is 10.9 Å². The Balaban J connectivity index is 2.39. The van der Waals surface area contributed by atoms with E-state index in [9.17, 15) is 29.3 Å². The van der Waals surface area contributed by atoms with Gasteiger partial charge in [-0.05, 0) is 18.2 Å². The van der Waals surface area contributed by atoms with Crippen molar-refractivity contribution in [2.24, 2.45) is 0 Å². The monoisotopic (exact) mass is 354 g/mol. The Morgan fingerprint density at radius 1 is 1.24 bits per heavy atom. The fraction of sp³-hybridized carbons (Fsp3) is 0.375. The zero-order chi connectivity index (χ0) is 18.7. The molecular formula is C16H19FN2O6. The molecule has 0 fully saturated rings. The molecule has 2 rings (SSSR count). The molecule has 2 aromatic rings. The van der Waals surface area contributed by atoms with Crippen molar-refractivity contribution in [2.45, 2.75) is 31.3 Å². The minimum atomic E-state index is -1.87. The maximum absolute atomic E-state index is 13.3. The molecule has 4 atom stereocenters. The van der Waals surface area contributed by atoms with Crippen LogP contribution in [0.15, 0.2) is 24.4 Å². The number of fused-ring (bicyclic) bond motifs is 1. The number of Topliss-reactive ketones (excluding diaryl/α,β-unsaturated/α-hetero) is 1. The van der Waals surface area contributed by atoms with Crippen molar-refractivity contribution in [1.82, 2.24) is 10.3 Å². The summed E-state index contributed by atoms with van der Waals surface area (Å²) in [4.78, 5) is 26.8. The van der Waals surface area contributed by atoms with E-state index in [1.54, 1.807) is 0 Å². The van der Waals surface area contributed by atoms with E-state index < -0.39 is 48.5 Å². The van der Waals surface area contributed by atoms with Gasteiger partial charge in [0, 0.05) is 29.6 Å². The van der Waals surface area contributed by atoms with Gasteiger partial charge in [0.25, 0.3) is 0 Å². The normalized spacial score (nSPS) is 16.2. The molecule has 0 aliphatic rings. The second kappa shape index (κ2) is 7.70. The first-order valence-electron chi connectivity index (χ1n) is 7.49. The molecule has 0 saturated carbocycles. The SMILES string of the molecule is CC(=O)N[C@@H](C(=O)c1c[nH]c2cc(F)ccc12)[C@@H](O)[C@H](O)[C@H](O)CO. The number of nitrogens with one attached hydrogen (secondary N) is 2. The molecule has 6 N–H and O–H groups in total. The second-order valence-electron chi connectivity index (χ2n) is 5.67. The first kappa shape index (κ1) is 19.0. The van der Waals surface area contributed by atoms with Crippen molar-refractivity contribution >= 4 is 22.6 Å². The number of aliphatic hydroxyl groups is 4. The van der Waals surface area contributed by atoms with Gasteiger partial charge in [0.1, 0.15) is 30.2 Å². The first-order chi connectivity index (χ1) is 11.8. The van der Waals surface area contributed by atoms with E-state index in [0.717, 1.165) is 13.0 Å². The predicted octanol–water partition coefficient (Wildman–Crippen LogP) is -0.931. The number of aliphatic hydroxyl groups excluding tert-OH is 4. The number of H-pyrrole nitrogens is 1. The third kappa shape index (κ3) is 4.02. The molecule has 136 valence electrons. The van der Waals surface area contributed by atoms with E-state index in [4.69, 9.17) is 5.11 Å². The molecule has 0 unspecified atom stereocenters. The van der Waals surface area contributed by atoms with E-state index in [1.165, 1.54) is 18.3 Å². The molecule has 1 amide bonds. The first-order valence-corrected chi connectivity index (χ1v) is 7.49. The smallest absolute Gasteiger partial charge is 0.217 e. The van der Waals surface area contributed by atoms with Crippen molar-refractivity contribution in [3.63, 3.8) is 0 Å². The van der Waals surface area contributed by atoms with Crippen LogP contribution in [-0.2, 0) is 4.79 Å². The van der Waals surface area contributed by atoms with E-state index in [1.807, 2.05) is 0 Å². The largest absolute Gasteiger partial charge is 0.394 e. The average molecular weight is 354 g/mol. The van der Waals surface area contributed by atoms with Gasteiger partial charge in [-0.2, -0.15) is 0 Å². The van der Waals surface area contributed by atoms with Crippen molar-refractivity contribution in [1.29, 1.82) is 0 Å². The van der Waals surface area contributed by atoms with Crippen LogP contribution in [-0.4, -0.2) is 68.1 Å². The molecular weight excluding hydrogens is 335 g/mol. The van der Waals surface area contributed by atoms with E-state index in [-0.39, 0.29) is 5.56 Å². The number of benzene rings is 1. The summed E-state index contributed by atoms with van der Waals surface area (Å²) in [6, 6.07) is 2.13. The maximum atomic E-state index is 13.3. The third-order valence-electron chi connectivity index (χ3n) is 3.82. The number of ketones is 1. The summed E-state index contributed by atoms with van der Waals surface area (Å²) in [6.45, 7) is 0.276. The van der Waals surface area contributed by atoms with Crippen LogP contribution in [0.3, 0.4) is 0 Å². The number of carbonyl (C=O) groups excluding carboxylic acids is 2. The summed E-state index contributed by atoms with van der Waals surface area (Å²) >= 11 is 0. The fourth-order valence-corrected chi connectivity index (χ4v) is 2.53. The lowest BCUT2D eigenvalue weighted by molar-refractivity contribution is -0.122. The number of aromatic nitrogens is 1. The Morgan fingerprint density at radius 2 is 1.92 bits per heavy atom. The number of amides is 1. The highest BCUT2D eigenvalue weighted by atomic mass is 19.1. The van der Waals surface area contributed by atoms with Gasteiger partial charge < -0.3 is 30.7 Å². The van der Waals surface area contributed by atoms with Gasteiger partial charge in [-0.15, -0.1) is 0 Å². The Morgan fingerprint density at radius 3 is 2.52 bits per heavy atom. The number of hydrogen-bond donors (Lipinski definition) is 6. The predicted molar refractivity (Wildman–Crippen MR) is 85.3 cm³/mol. The molecule has 1 aromatic carbocycles. The van der Waals surface area contributed by atoms with Gasteiger partial charge in [0.05, 0.1) is 6.61 Å². The number of aromatic amines is 1. The Labute approximate surface area is 141 Å². The average Bonchev–Trinajstić information content (AvgIpc) is 2.99. The van der Waals surface area contributed by atoms with Crippen molar-refractivity contribution in [3.05, 3.63) is 35.8 Å². The van der Waals surface area contributed by atoms with Gasteiger partial charge >= 0.3 is 0 Å². The highest BCUT2D eigenvalue weighted by Crippen LogP contribution is 2.22. The zero-order valence-electron chi connectivity index (χ0n) is 13.3. The number of hydrogen-bond acceptors (Lipinski definition) is 6. The Kier molecular flexibility index (Phi) is 5.85. The highest BCUT2D eigenvalue weighted by Gasteiger charge is 2.37. The summed E-state index contributed by atoms with van der Waals surface area (Å²) in [5.74, 6) is -1.90. The van der Waals surface area contributed by atoms with Crippen LogP contribution in [0.1, 0.15) is 17.3 Å². The summed E-state index contributed by atoms with van der Waals surface area (Å²) in [5, 5.41) is 41.0. The van der Waals surface area contributed by atoms with Gasteiger partial charge in [-0.3, -0.25) is 9.59 Å². The molecule has 25 heavy (non-hydrogen) atoms. The quantitative estimate of drug-likeness (QED) is 0.355. The molecule has 0 saturated heterocycles. The van der Waals surface area contributed by atoms with Gasteiger partial charge in [-0.1, -0.05) is 0 Å². The number of rotatable bonds is 7. The summed E-state index contributed by atoms with van der Waals surface area (Å²) in [6.07, 6.45) is -4.14. The van der Waals surface area contributed by atoms with Gasteiger partial charge in [0.2, 0.25) is 5.91 Å². The van der Waals surface area contributed by atoms with Crippen LogP contribution in [0.2, 0.25) is 0 Å². The lowest BCUT2D eigenvalue weighted by atomic mass is 9.94. The lowest BCUT2D eigenvalue weighted by Gasteiger charge is -2.28. The van der Waals surface area contributed by atoms with Crippen molar-refractivity contribution in [2.75, 3.05) is 6.61 Å². The molecule has 0 spiro atoms. The Bertz CT molecular complexity index is 777. The summed E-state index contributed by atoms with van der Waals surface area (Å²) in [5.41, 5.74) is 0.411. The van der Waals surface area contributed by atoms with Crippen LogP contribution < -0.4 is 5.32 Å². The minimum absolute atomic E-state index is 0.0680. The molecule has 0 radical (unpaired) electrons. The van der Waals surface area contributed by atoms with Crippen molar-refractivity contribution in [3.8, 4) is 0 Å². The standard InChI is InChI=1S/C16H19FN2O6/c1-7(21)19-13(16(25)15(24)12(22)6-20)14(23)10-5-18-11-4-8(17)2-3-9(10)11/h2-5,12-13,15-16,18,20,22,24-25H,6H2,1H3,(H,19,21)/t12-,13+,15-,16-/m1/s1. The fourth-order valence-electron chi connectivity index (χ4n) is 2.53. The van der Waals surface area contributed by atoms with Crippen LogP contribution in [0, 0.1) is 5.82 Å². The molecule has 0 aliphatic heterocycles. The van der Waals surface area contributed by atoms with Gasteiger partial charge in [-0.25, -0.2) is 4.39 Å². The van der Waals surface area contributed by atoms with Crippen LogP contribution in [0.4, 0.5) is 4.39 Å². The molecule has 0 bridgehead atoms. The van der Waals surface area contributed by atoms with E-state index in [2.05, 4.69) is 10.3 Å². The topological polar surface area (TPSA) is 143 Å². The molecule has 9 heteroatoms. The van der Waals surface area contributed by atoms with Crippen LogP contribution >= 0.6 is 0 Å². The maximum Gasteiger partial charge on any atom is 0.217 e. The van der Waals surface area contributed by atoms with Crippen molar-refractivity contribution < 1.29 is 34.4 Å². The second-order valence-corrected chi connectivity index (χ2v) is 5.67. The third-order valence-corrected chi connectivity index (χ3v) is 3.82. The molecule has 0 aliphatic carbocycles. The zero-order valence-corrected chi connectivity index (χ0v) is 13.3. The van der Waals surface area contributed by atoms with Crippen LogP contribution in [0.5, 0.6) is 0 Å².